The Morgan fingerprint density at radius 2 is 2.16 bits per heavy atom. The minimum Gasteiger partial charge on any atom is -0.454 e. The summed E-state index contributed by atoms with van der Waals surface area (Å²) >= 11 is 0. The average molecular weight is 346 g/mol. The van der Waals surface area contributed by atoms with Crippen LogP contribution in [0.1, 0.15) is 47.5 Å². The van der Waals surface area contributed by atoms with Crippen molar-refractivity contribution in [3.8, 4) is 0 Å². The first kappa shape index (κ1) is 17.9. The van der Waals surface area contributed by atoms with Gasteiger partial charge in [-0.3, -0.25) is 0 Å². The standard InChI is InChI=1S/C20H26O5/c1-6-10(2)18(22)25-17-16-11(3)19(23)24-15(16)9-13-7-8-14(21)12(4)20(13,17)5/h6-7,12,14-15,17,21H,8-9H2,1-5H3/b10-6-/t12-,14-,15?,17+,20+/m0/s1. The third kappa shape index (κ3) is 2.56. The molecule has 25 heavy (non-hydrogen) atoms. The van der Waals surface area contributed by atoms with E-state index < -0.39 is 23.6 Å². The highest BCUT2D eigenvalue weighted by Crippen LogP contribution is 2.55. The Kier molecular flexibility index (Phi) is 4.40. The Morgan fingerprint density at radius 1 is 1.48 bits per heavy atom. The zero-order chi connectivity index (χ0) is 18.5. The minimum absolute atomic E-state index is 0.104. The molecule has 1 unspecified atom stereocenters. The maximum atomic E-state index is 12.5. The van der Waals surface area contributed by atoms with Crippen LogP contribution < -0.4 is 0 Å². The maximum Gasteiger partial charge on any atom is 0.334 e. The largest absolute Gasteiger partial charge is 0.454 e. The highest BCUT2D eigenvalue weighted by Gasteiger charge is 2.57. The number of ether oxygens (including phenoxy) is 2. The van der Waals surface area contributed by atoms with Gasteiger partial charge < -0.3 is 14.6 Å². The lowest BCUT2D eigenvalue weighted by Gasteiger charge is -2.52. The molecule has 0 aromatic heterocycles. The number of esters is 2. The number of carbonyl (C=O) groups is 2. The van der Waals surface area contributed by atoms with Crippen LogP contribution in [0.15, 0.2) is 34.4 Å². The molecular formula is C20H26O5. The second-order valence-corrected chi connectivity index (χ2v) is 7.54. The van der Waals surface area contributed by atoms with Crippen molar-refractivity contribution < 1.29 is 24.2 Å². The van der Waals surface area contributed by atoms with Crippen molar-refractivity contribution in [2.24, 2.45) is 11.3 Å². The van der Waals surface area contributed by atoms with Crippen LogP contribution in [0.5, 0.6) is 0 Å². The van der Waals surface area contributed by atoms with Gasteiger partial charge in [-0.25, -0.2) is 9.59 Å². The molecule has 5 heteroatoms. The lowest BCUT2D eigenvalue weighted by Crippen LogP contribution is -2.54. The normalized spacial score (nSPS) is 37.9. The zero-order valence-electron chi connectivity index (χ0n) is 15.5. The van der Waals surface area contributed by atoms with Crippen molar-refractivity contribution in [3.05, 3.63) is 34.4 Å². The molecule has 3 aliphatic rings. The van der Waals surface area contributed by atoms with Crippen molar-refractivity contribution in [1.82, 2.24) is 0 Å². The van der Waals surface area contributed by atoms with E-state index in [2.05, 4.69) is 0 Å². The number of hydrogen-bond donors (Lipinski definition) is 1. The second kappa shape index (κ2) is 6.13. The molecule has 1 N–H and O–H groups in total. The average Bonchev–Trinajstić information content (AvgIpc) is 2.86. The zero-order valence-corrected chi connectivity index (χ0v) is 15.5. The Hall–Kier alpha value is -1.88. The van der Waals surface area contributed by atoms with E-state index in [9.17, 15) is 14.7 Å². The third-order valence-electron chi connectivity index (χ3n) is 6.37. The van der Waals surface area contributed by atoms with Crippen LogP contribution in [0, 0.1) is 11.3 Å². The number of hydrogen-bond acceptors (Lipinski definition) is 5. The summed E-state index contributed by atoms with van der Waals surface area (Å²) in [6, 6.07) is 0. The summed E-state index contributed by atoms with van der Waals surface area (Å²) in [6.45, 7) is 9.22. The van der Waals surface area contributed by atoms with Gasteiger partial charge in [-0.1, -0.05) is 31.6 Å². The van der Waals surface area contributed by atoms with Crippen molar-refractivity contribution in [1.29, 1.82) is 0 Å². The van der Waals surface area contributed by atoms with Gasteiger partial charge in [0.1, 0.15) is 12.2 Å². The first-order valence-electron chi connectivity index (χ1n) is 8.84. The smallest absolute Gasteiger partial charge is 0.334 e. The highest BCUT2D eigenvalue weighted by molar-refractivity contribution is 5.93. The molecule has 0 radical (unpaired) electrons. The number of aliphatic hydroxyl groups excluding tert-OH is 1. The van der Waals surface area contributed by atoms with E-state index >= 15 is 0 Å². The lowest BCUT2D eigenvalue weighted by atomic mass is 9.56. The van der Waals surface area contributed by atoms with Crippen LogP contribution in [-0.4, -0.2) is 35.4 Å². The van der Waals surface area contributed by atoms with Gasteiger partial charge in [-0.15, -0.1) is 0 Å². The minimum atomic E-state index is -0.615. The van der Waals surface area contributed by atoms with Gasteiger partial charge in [0.2, 0.25) is 0 Å². The SMILES string of the molecule is C/C=C(/C)C(=O)O[C@@H]1C2=C(C)C(=O)OC2CC2=CC[C@H](O)[C@H](C)[C@]21C. The molecule has 0 saturated heterocycles. The number of rotatable bonds is 2. The van der Waals surface area contributed by atoms with Crippen LogP contribution in [0.3, 0.4) is 0 Å². The highest BCUT2D eigenvalue weighted by atomic mass is 16.6. The molecule has 0 spiro atoms. The molecule has 0 bridgehead atoms. The summed E-state index contributed by atoms with van der Waals surface area (Å²) in [5.41, 5.74) is 2.33. The number of aliphatic hydroxyl groups is 1. The van der Waals surface area contributed by atoms with Gasteiger partial charge in [0.15, 0.2) is 0 Å². The van der Waals surface area contributed by atoms with Crippen molar-refractivity contribution >= 4 is 11.9 Å². The number of fused-ring (bicyclic) bond motifs is 2. The molecule has 0 amide bonds. The van der Waals surface area contributed by atoms with Crippen LogP contribution in [0.2, 0.25) is 0 Å². The summed E-state index contributed by atoms with van der Waals surface area (Å²) in [5, 5.41) is 10.4. The predicted molar refractivity (Wildman–Crippen MR) is 92.5 cm³/mol. The summed E-state index contributed by atoms with van der Waals surface area (Å²) in [4.78, 5) is 24.6. The van der Waals surface area contributed by atoms with E-state index in [1.807, 2.05) is 19.9 Å². The Bertz CT molecular complexity index is 714. The van der Waals surface area contributed by atoms with Crippen LogP contribution in [0.25, 0.3) is 0 Å². The first-order valence-corrected chi connectivity index (χ1v) is 8.84. The van der Waals surface area contributed by atoms with Gasteiger partial charge in [0.05, 0.1) is 6.10 Å². The topological polar surface area (TPSA) is 72.8 Å². The molecule has 136 valence electrons. The third-order valence-corrected chi connectivity index (χ3v) is 6.37. The molecule has 0 aromatic rings. The molecular weight excluding hydrogens is 320 g/mol. The van der Waals surface area contributed by atoms with Crippen LogP contribution in [-0.2, 0) is 19.1 Å². The Morgan fingerprint density at radius 3 is 2.80 bits per heavy atom. The molecule has 3 rings (SSSR count). The van der Waals surface area contributed by atoms with E-state index in [1.54, 1.807) is 26.8 Å². The van der Waals surface area contributed by atoms with Crippen LogP contribution >= 0.6 is 0 Å². The fourth-order valence-corrected chi connectivity index (χ4v) is 4.27. The van der Waals surface area contributed by atoms with E-state index in [0.717, 1.165) is 11.1 Å². The summed E-state index contributed by atoms with van der Waals surface area (Å²) in [7, 11) is 0. The fraction of sp³-hybridized carbons (Fsp3) is 0.600. The predicted octanol–water partition coefficient (Wildman–Crippen LogP) is 2.84. The number of carbonyl (C=O) groups excluding carboxylic acids is 2. The van der Waals surface area contributed by atoms with Crippen molar-refractivity contribution in [2.45, 2.75) is 65.8 Å². The van der Waals surface area contributed by atoms with Crippen molar-refractivity contribution in [3.63, 3.8) is 0 Å². The summed E-state index contributed by atoms with van der Waals surface area (Å²) in [6.07, 6.45) is 3.40. The second-order valence-electron chi connectivity index (χ2n) is 7.54. The van der Waals surface area contributed by atoms with E-state index in [4.69, 9.17) is 9.47 Å². The quantitative estimate of drug-likeness (QED) is 0.473. The molecule has 1 aliphatic heterocycles. The monoisotopic (exact) mass is 346 g/mol. The summed E-state index contributed by atoms with van der Waals surface area (Å²) in [5.74, 6) is -0.853. The van der Waals surface area contributed by atoms with Gasteiger partial charge in [0, 0.05) is 28.6 Å². The fourth-order valence-electron chi connectivity index (χ4n) is 4.27. The molecule has 1 saturated carbocycles. The van der Waals surface area contributed by atoms with Gasteiger partial charge in [0.25, 0.3) is 0 Å². The molecule has 1 fully saturated rings. The molecule has 1 heterocycles. The van der Waals surface area contributed by atoms with Gasteiger partial charge in [-0.05, 0) is 33.1 Å². The van der Waals surface area contributed by atoms with E-state index in [0.29, 0.717) is 24.0 Å². The maximum absolute atomic E-state index is 12.5. The lowest BCUT2D eigenvalue weighted by molar-refractivity contribution is -0.154. The van der Waals surface area contributed by atoms with Crippen LogP contribution in [0.4, 0.5) is 0 Å². The van der Waals surface area contributed by atoms with Gasteiger partial charge >= 0.3 is 11.9 Å². The molecule has 0 aromatic carbocycles. The summed E-state index contributed by atoms with van der Waals surface area (Å²) < 4.78 is 11.4. The van der Waals surface area contributed by atoms with Crippen molar-refractivity contribution in [2.75, 3.05) is 0 Å². The van der Waals surface area contributed by atoms with E-state index in [-0.39, 0.29) is 18.0 Å². The van der Waals surface area contributed by atoms with Gasteiger partial charge in [-0.2, -0.15) is 0 Å². The number of allylic oxidation sites excluding steroid dienone is 1. The molecule has 2 aliphatic carbocycles. The Balaban J connectivity index is 2.12. The molecule has 5 atom stereocenters. The molecule has 5 nitrogen and oxygen atoms in total. The van der Waals surface area contributed by atoms with E-state index in [1.165, 1.54) is 0 Å². The Labute approximate surface area is 148 Å². The first-order chi connectivity index (χ1) is 11.7.